The van der Waals surface area contributed by atoms with Gasteiger partial charge in [-0.15, -0.1) is 0 Å². The SMILES string of the molecule is OC1c2c(ccc3ccccc23)CCC1Br. The van der Waals surface area contributed by atoms with Crippen molar-refractivity contribution in [2.45, 2.75) is 23.8 Å². The minimum atomic E-state index is -0.380. The first-order valence-corrected chi connectivity index (χ1v) is 6.51. The molecule has 82 valence electrons. The van der Waals surface area contributed by atoms with E-state index in [1.54, 1.807) is 0 Å². The molecular formula is C14H13BrO. The maximum Gasteiger partial charge on any atom is 0.0923 e. The van der Waals surface area contributed by atoms with Crippen molar-refractivity contribution in [2.75, 3.05) is 0 Å². The van der Waals surface area contributed by atoms with Crippen LogP contribution in [0.4, 0.5) is 0 Å². The van der Waals surface area contributed by atoms with Gasteiger partial charge in [0, 0.05) is 4.83 Å². The summed E-state index contributed by atoms with van der Waals surface area (Å²) in [6.07, 6.45) is 1.68. The van der Waals surface area contributed by atoms with E-state index in [1.165, 1.54) is 16.3 Å². The molecule has 1 nitrogen and oxygen atoms in total. The molecule has 0 aliphatic heterocycles. The Balaban J connectivity index is 2.32. The van der Waals surface area contributed by atoms with Crippen molar-refractivity contribution < 1.29 is 5.11 Å². The van der Waals surface area contributed by atoms with Crippen molar-refractivity contribution in [1.29, 1.82) is 0 Å². The Morgan fingerprint density at radius 2 is 1.94 bits per heavy atom. The highest BCUT2D eigenvalue weighted by molar-refractivity contribution is 9.09. The number of halogens is 1. The predicted octanol–water partition coefficient (Wildman–Crippen LogP) is 3.58. The minimum absolute atomic E-state index is 0.186. The van der Waals surface area contributed by atoms with Gasteiger partial charge in [-0.1, -0.05) is 52.3 Å². The fourth-order valence-electron chi connectivity index (χ4n) is 2.54. The number of rotatable bonds is 0. The number of benzene rings is 2. The highest BCUT2D eigenvalue weighted by atomic mass is 79.9. The van der Waals surface area contributed by atoms with Crippen LogP contribution in [0, 0.1) is 0 Å². The van der Waals surface area contributed by atoms with Crippen LogP contribution >= 0.6 is 15.9 Å². The van der Waals surface area contributed by atoms with Crippen molar-refractivity contribution in [2.24, 2.45) is 0 Å². The average molecular weight is 277 g/mol. The molecule has 2 aromatic rings. The predicted molar refractivity (Wildman–Crippen MR) is 69.9 cm³/mol. The summed E-state index contributed by atoms with van der Waals surface area (Å²) in [5.41, 5.74) is 2.41. The van der Waals surface area contributed by atoms with Gasteiger partial charge in [-0.3, -0.25) is 0 Å². The largest absolute Gasteiger partial charge is 0.387 e. The lowest BCUT2D eigenvalue weighted by Gasteiger charge is -2.27. The van der Waals surface area contributed by atoms with E-state index in [1.807, 2.05) is 12.1 Å². The van der Waals surface area contributed by atoms with E-state index in [-0.39, 0.29) is 10.9 Å². The van der Waals surface area contributed by atoms with Gasteiger partial charge < -0.3 is 5.11 Å². The molecule has 1 aliphatic rings. The van der Waals surface area contributed by atoms with Gasteiger partial charge in [0.05, 0.1) is 6.10 Å². The van der Waals surface area contributed by atoms with Gasteiger partial charge in [0.25, 0.3) is 0 Å². The van der Waals surface area contributed by atoms with Crippen molar-refractivity contribution in [3.63, 3.8) is 0 Å². The van der Waals surface area contributed by atoms with Crippen LogP contribution in [0.15, 0.2) is 36.4 Å². The molecule has 2 aromatic carbocycles. The Kier molecular flexibility index (Phi) is 2.49. The first kappa shape index (κ1) is 10.3. The molecule has 0 saturated carbocycles. The van der Waals surface area contributed by atoms with Gasteiger partial charge in [0.2, 0.25) is 0 Å². The van der Waals surface area contributed by atoms with E-state index >= 15 is 0 Å². The monoisotopic (exact) mass is 276 g/mol. The lowest BCUT2D eigenvalue weighted by Crippen LogP contribution is -2.20. The highest BCUT2D eigenvalue weighted by Gasteiger charge is 2.27. The third kappa shape index (κ3) is 1.48. The molecule has 1 aliphatic carbocycles. The van der Waals surface area contributed by atoms with Crippen LogP contribution in [0.5, 0.6) is 0 Å². The molecule has 2 atom stereocenters. The molecule has 16 heavy (non-hydrogen) atoms. The minimum Gasteiger partial charge on any atom is -0.387 e. The summed E-state index contributed by atoms with van der Waals surface area (Å²) in [5, 5.41) is 12.7. The van der Waals surface area contributed by atoms with Gasteiger partial charge in [-0.25, -0.2) is 0 Å². The van der Waals surface area contributed by atoms with Crippen LogP contribution in [0.2, 0.25) is 0 Å². The quantitative estimate of drug-likeness (QED) is 0.730. The van der Waals surface area contributed by atoms with E-state index in [4.69, 9.17) is 0 Å². The summed E-state index contributed by atoms with van der Waals surface area (Å²) in [4.78, 5) is 0.186. The summed E-state index contributed by atoms with van der Waals surface area (Å²) >= 11 is 3.56. The lowest BCUT2D eigenvalue weighted by atomic mass is 9.86. The zero-order valence-corrected chi connectivity index (χ0v) is 10.4. The second-order valence-electron chi connectivity index (χ2n) is 4.36. The number of aryl methyl sites for hydroxylation is 1. The smallest absolute Gasteiger partial charge is 0.0923 e. The topological polar surface area (TPSA) is 20.2 Å². The molecular weight excluding hydrogens is 264 g/mol. The number of hydrogen-bond acceptors (Lipinski definition) is 1. The molecule has 2 heteroatoms. The zero-order valence-electron chi connectivity index (χ0n) is 8.86. The summed E-state index contributed by atoms with van der Waals surface area (Å²) in [6.45, 7) is 0. The first-order chi connectivity index (χ1) is 7.77. The van der Waals surface area contributed by atoms with Crippen LogP contribution in [0.1, 0.15) is 23.7 Å². The maximum absolute atomic E-state index is 10.3. The summed E-state index contributed by atoms with van der Waals surface area (Å²) < 4.78 is 0. The summed E-state index contributed by atoms with van der Waals surface area (Å²) in [5.74, 6) is 0. The average Bonchev–Trinajstić information content (AvgIpc) is 2.33. The zero-order chi connectivity index (χ0) is 11.1. The molecule has 0 aromatic heterocycles. The highest BCUT2D eigenvalue weighted by Crippen LogP contribution is 2.38. The van der Waals surface area contributed by atoms with Crippen LogP contribution in [0.25, 0.3) is 10.8 Å². The molecule has 1 N–H and O–H groups in total. The van der Waals surface area contributed by atoms with E-state index < -0.39 is 0 Å². The molecule has 0 saturated heterocycles. The van der Waals surface area contributed by atoms with Crippen molar-refractivity contribution in [1.82, 2.24) is 0 Å². The van der Waals surface area contributed by atoms with E-state index in [2.05, 4.69) is 40.2 Å². The molecule has 0 radical (unpaired) electrons. The molecule has 2 unspecified atom stereocenters. The number of alkyl halides is 1. The lowest BCUT2D eigenvalue weighted by molar-refractivity contribution is 0.167. The number of fused-ring (bicyclic) bond motifs is 3. The Morgan fingerprint density at radius 1 is 1.12 bits per heavy atom. The van der Waals surface area contributed by atoms with Gasteiger partial charge in [0.1, 0.15) is 0 Å². The molecule has 0 amide bonds. The molecule has 0 fully saturated rings. The van der Waals surface area contributed by atoms with Crippen LogP contribution in [0.3, 0.4) is 0 Å². The van der Waals surface area contributed by atoms with Gasteiger partial charge in [0.15, 0.2) is 0 Å². The van der Waals surface area contributed by atoms with E-state index in [9.17, 15) is 5.11 Å². The van der Waals surface area contributed by atoms with Crippen LogP contribution < -0.4 is 0 Å². The number of aliphatic hydroxyl groups excluding tert-OH is 1. The Morgan fingerprint density at radius 3 is 2.81 bits per heavy atom. The second-order valence-corrected chi connectivity index (χ2v) is 5.54. The maximum atomic E-state index is 10.3. The third-order valence-corrected chi connectivity index (χ3v) is 4.35. The van der Waals surface area contributed by atoms with Crippen LogP contribution in [-0.4, -0.2) is 9.93 Å². The van der Waals surface area contributed by atoms with Crippen molar-refractivity contribution in [3.8, 4) is 0 Å². The van der Waals surface area contributed by atoms with Crippen molar-refractivity contribution in [3.05, 3.63) is 47.5 Å². The normalized spacial score (nSPS) is 24.4. The summed E-state index contributed by atoms with van der Waals surface area (Å²) in [6, 6.07) is 12.6. The van der Waals surface area contributed by atoms with Gasteiger partial charge in [-0.05, 0) is 34.7 Å². The second kappa shape index (κ2) is 3.86. The van der Waals surface area contributed by atoms with Crippen molar-refractivity contribution >= 4 is 26.7 Å². The fourth-order valence-corrected chi connectivity index (χ4v) is 3.03. The molecule has 0 heterocycles. The van der Waals surface area contributed by atoms with Gasteiger partial charge in [-0.2, -0.15) is 0 Å². The Bertz CT molecular complexity index is 535. The summed E-state index contributed by atoms with van der Waals surface area (Å²) in [7, 11) is 0. The number of aliphatic hydroxyl groups is 1. The van der Waals surface area contributed by atoms with E-state index in [0.29, 0.717) is 0 Å². The Labute approximate surface area is 103 Å². The van der Waals surface area contributed by atoms with Gasteiger partial charge >= 0.3 is 0 Å². The Hall–Kier alpha value is -0.860. The number of hydrogen-bond donors (Lipinski definition) is 1. The standard InChI is InChI=1S/C14H13BrO/c15-12-8-7-10-6-5-9-3-1-2-4-11(9)13(10)14(12)16/h1-6,12,14,16H,7-8H2. The van der Waals surface area contributed by atoms with E-state index in [0.717, 1.165) is 18.4 Å². The van der Waals surface area contributed by atoms with Crippen LogP contribution in [-0.2, 0) is 6.42 Å². The molecule has 0 bridgehead atoms. The fraction of sp³-hybridized carbons (Fsp3) is 0.286. The molecule has 0 spiro atoms. The third-order valence-electron chi connectivity index (χ3n) is 3.39. The molecule has 3 rings (SSSR count). The first-order valence-electron chi connectivity index (χ1n) is 5.60.